The molecule has 2 aliphatic rings. The molecule has 102 valence electrons. The first-order valence-electron chi connectivity index (χ1n) is 7.12. The summed E-state index contributed by atoms with van der Waals surface area (Å²) >= 11 is 0. The zero-order valence-electron chi connectivity index (χ0n) is 11.5. The fourth-order valence-electron chi connectivity index (χ4n) is 3.29. The first-order chi connectivity index (χ1) is 8.61. The molecule has 0 radical (unpaired) electrons. The minimum Gasteiger partial charge on any atom is -0.331 e. The summed E-state index contributed by atoms with van der Waals surface area (Å²) in [5.41, 5.74) is 0. The van der Waals surface area contributed by atoms with E-state index in [0.717, 1.165) is 45.1 Å². The molecule has 4 nitrogen and oxygen atoms in total. The highest BCUT2D eigenvalue weighted by Gasteiger charge is 2.37. The smallest absolute Gasteiger partial charge is 0.319 e. The lowest BCUT2D eigenvalue weighted by atomic mass is 9.79. The predicted octanol–water partition coefficient (Wildman–Crippen LogP) is 2.28. The number of piperidine rings is 1. The summed E-state index contributed by atoms with van der Waals surface area (Å²) < 4.78 is 0. The minimum atomic E-state index is 0.0677. The van der Waals surface area contributed by atoms with E-state index in [-0.39, 0.29) is 18.0 Å². The van der Waals surface area contributed by atoms with E-state index in [1.165, 1.54) is 0 Å². The lowest BCUT2D eigenvalue weighted by Crippen LogP contribution is -2.53. The third kappa shape index (κ3) is 2.68. The van der Waals surface area contributed by atoms with E-state index in [9.17, 15) is 9.59 Å². The van der Waals surface area contributed by atoms with Crippen LogP contribution in [0, 0.1) is 5.92 Å². The molecule has 0 N–H and O–H groups in total. The average molecular weight is 252 g/mol. The van der Waals surface area contributed by atoms with E-state index in [1.54, 1.807) is 19.0 Å². The predicted molar refractivity (Wildman–Crippen MR) is 70.4 cm³/mol. The van der Waals surface area contributed by atoms with Gasteiger partial charge in [0, 0.05) is 39.0 Å². The van der Waals surface area contributed by atoms with Crippen molar-refractivity contribution in [3.05, 3.63) is 0 Å². The van der Waals surface area contributed by atoms with Crippen molar-refractivity contribution in [3.63, 3.8) is 0 Å². The van der Waals surface area contributed by atoms with E-state index in [0.29, 0.717) is 12.2 Å². The van der Waals surface area contributed by atoms with Gasteiger partial charge in [-0.3, -0.25) is 4.79 Å². The minimum absolute atomic E-state index is 0.0677. The summed E-state index contributed by atoms with van der Waals surface area (Å²) in [4.78, 5) is 27.9. The maximum atomic E-state index is 12.2. The molecule has 1 aliphatic heterocycles. The fourth-order valence-corrected chi connectivity index (χ4v) is 3.29. The van der Waals surface area contributed by atoms with Gasteiger partial charge >= 0.3 is 6.03 Å². The molecule has 0 aromatic carbocycles. The Kier molecular flexibility index (Phi) is 4.25. The van der Waals surface area contributed by atoms with Gasteiger partial charge in [0.25, 0.3) is 0 Å². The van der Waals surface area contributed by atoms with Gasteiger partial charge < -0.3 is 9.80 Å². The molecule has 2 fully saturated rings. The molecule has 1 heterocycles. The van der Waals surface area contributed by atoms with Crippen LogP contribution in [0.1, 0.15) is 44.9 Å². The van der Waals surface area contributed by atoms with Crippen LogP contribution in [-0.2, 0) is 4.79 Å². The number of likely N-dealkylation sites (tertiary alicyclic amines) is 1. The number of Topliss-reactive ketones (excluding diaryl/α,β-unsaturated/α-hetero) is 1. The Labute approximate surface area is 109 Å². The Hall–Kier alpha value is -1.06. The highest BCUT2D eigenvalue weighted by molar-refractivity contribution is 5.83. The van der Waals surface area contributed by atoms with Crippen molar-refractivity contribution < 1.29 is 9.59 Å². The summed E-state index contributed by atoms with van der Waals surface area (Å²) in [6.45, 7) is 0.811. The normalized spacial score (nSPS) is 29.2. The second-order valence-corrected chi connectivity index (χ2v) is 5.75. The number of rotatable bonds is 1. The number of carbonyl (C=O) groups is 2. The highest BCUT2D eigenvalue weighted by atomic mass is 16.2. The SMILES string of the molecule is CN(C)C(=O)N1CCCCC1C1CCCCC1=O. The molecule has 2 amide bonds. The Morgan fingerprint density at radius 3 is 2.56 bits per heavy atom. The summed E-state index contributed by atoms with van der Waals surface area (Å²) in [6, 6.07) is 0.222. The summed E-state index contributed by atoms with van der Waals surface area (Å²) in [5.74, 6) is 0.479. The van der Waals surface area contributed by atoms with Crippen LogP contribution in [0.25, 0.3) is 0 Å². The molecule has 1 saturated carbocycles. The molecule has 0 aromatic rings. The molecule has 18 heavy (non-hydrogen) atoms. The Bertz CT molecular complexity index is 328. The van der Waals surface area contributed by atoms with Gasteiger partial charge in [0.2, 0.25) is 0 Å². The van der Waals surface area contributed by atoms with E-state index in [2.05, 4.69) is 0 Å². The zero-order chi connectivity index (χ0) is 13.1. The second-order valence-electron chi connectivity index (χ2n) is 5.75. The number of carbonyl (C=O) groups excluding carboxylic acids is 2. The Morgan fingerprint density at radius 1 is 1.17 bits per heavy atom. The van der Waals surface area contributed by atoms with E-state index in [4.69, 9.17) is 0 Å². The van der Waals surface area contributed by atoms with Crippen molar-refractivity contribution in [2.24, 2.45) is 5.92 Å². The summed E-state index contributed by atoms with van der Waals surface area (Å²) in [6.07, 6.45) is 7.06. The number of hydrogen-bond donors (Lipinski definition) is 0. The average Bonchev–Trinajstić information content (AvgIpc) is 2.38. The molecular weight excluding hydrogens is 228 g/mol. The van der Waals surface area contributed by atoms with Crippen LogP contribution in [0.3, 0.4) is 0 Å². The van der Waals surface area contributed by atoms with Crippen LogP contribution in [0.2, 0.25) is 0 Å². The third-order valence-corrected chi connectivity index (χ3v) is 4.24. The van der Waals surface area contributed by atoms with E-state index in [1.807, 2.05) is 4.90 Å². The number of hydrogen-bond acceptors (Lipinski definition) is 2. The summed E-state index contributed by atoms with van der Waals surface area (Å²) in [5, 5.41) is 0. The van der Waals surface area contributed by atoms with Gasteiger partial charge in [0.05, 0.1) is 0 Å². The van der Waals surface area contributed by atoms with Crippen LogP contribution >= 0.6 is 0 Å². The van der Waals surface area contributed by atoms with Gasteiger partial charge in [0.1, 0.15) is 5.78 Å². The molecular formula is C14H24N2O2. The third-order valence-electron chi connectivity index (χ3n) is 4.24. The van der Waals surface area contributed by atoms with Crippen LogP contribution in [-0.4, -0.2) is 48.3 Å². The molecule has 2 rings (SSSR count). The number of amides is 2. The lowest BCUT2D eigenvalue weighted by molar-refractivity contribution is -0.127. The van der Waals surface area contributed by atoms with Crippen LogP contribution in [0.4, 0.5) is 4.79 Å². The maximum absolute atomic E-state index is 12.2. The van der Waals surface area contributed by atoms with Gasteiger partial charge in [-0.1, -0.05) is 6.42 Å². The molecule has 2 unspecified atom stereocenters. The van der Waals surface area contributed by atoms with Gasteiger partial charge in [-0.2, -0.15) is 0 Å². The topological polar surface area (TPSA) is 40.6 Å². The summed E-state index contributed by atoms with van der Waals surface area (Å²) in [7, 11) is 3.58. The number of urea groups is 1. The van der Waals surface area contributed by atoms with Crippen molar-refractivity contribution in [1.82, 2.24) is 9.80 Å². The molecule has 0 spiro atoms. The fraction of sp³-hybridized carbons (Fsp3) is 0.857. The molecule has 2 atom stereocenters. The Balaban J connectivity index is 2.11. The highest BCUT2D eigenvalue weighted by Crippen LogP contribution is 2.32. The van der Waals surface area contributed by atoms with Crippen LogP contribution < -0.4 is 0 Å². The quantitative estimate of drug-likeness (QED) is 0.718. The molecule has 0 aromatic heterocycles. The van der Waals surface area contributed by atoms with Crippen LogP contribution in [0.5, 0.6) is 0 Å². The maximum Gasteiger partial charge on any atom is 0.319 e. The monoisotopic (exact) mass is 252 g/mol. The van der Waals surface area contributed by atoms with Crippen molar-refractivity contribution in [2.45, 2.75) is 51.0 Å². The van der Waals surface area contributed by atoms with Crippen molar-refractivity contribution in [1.29, 1.82) is 0 Å². The molecule has 1 saturated heterocycles. The first-order valence-corrected chi connectivity index (χ1v) is 7.12. The van der Waals surface area contributed by atoms with Gasteiger partial charge in [-0.05, 0) is 32.1 Å². The largest absolute Gasteiger partial charge is 0.331 e. The zero-order valence-corrected chi connectivity index (χ0v) is 11.5. The molecule has 0 bridgehead atoms. The van der Waals surface area contributed by atoms with Crippen molar-refractivity contribution >= 4 is 11.8 Å². The Morgan fingerprint density at radius 2 is 1.89 bits per heavy atom. The lowest BCUT2D eigenvalue weighted by Gasteiger charge is -2.42. The van der Waals surface area contributed by atoms with Gasteiger partial charge in [0.15, 0.2) is 0 Å². The molecule has 1 aliphatic carbocycles. The standard InChI is InChI=1S/C14H24N2O2/c1-15(2)14(18)16-10-6-5-8-12(16)11-7-3-4-9-13(11)17/h11-12H,3-10H2,1-2H3. The van der Waals surface area contributed by atoms with Crippen LogP contribution in [0.15, 0.2) is 0 Å². The van der Waals surface area contributed by atoms with Crippen molar-refractivity contribution in [3.8, 4) is 0 Å². The van der Waals surface area contributed by atoms with E-state index >= 15 is 0 Å². The molecule has 4 heteroatoms. The van der Waals surface area contributed by atoms with E-state index < -0.39 is 0 Å². The first kappa shape index (κ1) is 13.4. The van der Waals surface area contributed by atoms with Crippen molar-refractivity contribution in [2.75, 3.05) is 20.6 Å². The van der Waals surface area contributed by atoms with Gasteiger partial charge in [-0.25, -0.2) is 4.79 Å². The second kappa shape index (κ2) is 5.72. The number of ketones is 1. The number of nitrogens with zero attached hydrogens (tertiary/aromatic N) is 2. The van der Waals surface area contributed by atoms with Gasteiger partial charge in [-0.15, -0.1) is 0 Å².